The van der Waals surface area contributed by atoms with E-state index in [1.54, 1.807) is 57.0 Å². The number of amides is 4. The summed E-state index contributed by atoms with van der Waals surface area (Å²) in [4.78, 5) is 55.0. The van der Waals surface area contributed by atoms with E-state index in [4.69, 9.17) is 9.47 Å². The lowest BCUT2D eigenvalue weighted by Crippen LogP contribution is -2.57. The summed E-state index contributed by atoms with van der Waals surface area (Å²) < 4.78 is 10.7. The van der Waals surface area contributed by atoms with Crippen LogP contribution in [0.4, 0.5) is 10.5 Å². The van der Waals surface area contributed by atoms with Crippen LogP contribution in [0.15, 0.2) is 36.4 Å². The minimum atomic E-state index is -1.09. The third-order valence-corrected chi connectivity index (χ3v) is 7.65. The Kier molecular flexibility index (Phi) is 9.05. The monoisotopic (exact) mass is 554 g/mol. The standard InChI is InChI=1S/C30H42N4O6/c1-29(2,3)40-28(38)32-23-15-9-7-5-6-8-12-20-19-30(20,27(37)31-21-13-10-14-22(18-21)39-4)33-25(35)24-16-11-17-34(24)26(23)36/h8,10,12-14,18,20,23-24H,5-7,9,11,15-17,19H2,1-4H3,(H,31,37)(H,32,38)(H,33,35)/t20-,23+,24+,30-/m1/s1. The molecule has 218 valence electrons. The van der Waals surface area contributed by atoms with Crippen LogP contribution in [-0.4, -0.2) is 65.6 Å². The molecule has 1 aromatic rings. The molecule has 4 atom stereocenters. The highest BCUT2D eigenvalue weighted by molar-refractivity contribution is 6.04. The first kappa shape index (κ1) is 29.4. The minimum Gasteiger partial charge on any atom is -0.497 e. The summed E-state index contributed by atoms with van der Waals surface area (Å²) in [7, 11) is 1.56. The summed E-state index contributed by atoms with van der Waals surface area (Å²) in [6.45, 7) is 5.72. The Morgan fingerprint density at radius 1 is 1.10 bits per heavy atom. The Hall–Kier alpha value is -3.56. The summed E-state index contributed by atoms with van der Waals surface area (Å²) in [5.74, 6) is -0.469. The van der Waals surface area contributed by atoms with Gasteiger partial charge in [0.1, 0.15) is 29.0 Å². The van der Waals surface area contributed by atoms with Gasteiger partial charge >= 0.3 is 6.09 Å². The fraction of sp³-hybridized carbons (Fsp3) is 0.600. The Balaban J connectivity index is 1.54. The van der Waals surface area contributed by atoms with Crippen LogP contribution in [0.5, 0.6) is 5.75 Å². The quantitative estimate of drug-likeness (QED) is 0.485. The van der Waals surface area contributed by atoms with E-state index in [2.05, 4.69) is 22.0 Å². The SMILES string of the molecule is COc1cccc(NC(=O)[C@@]23C[C@H]2C=CCCCCC[C@H](NC(=O)OC(C)(C)C)C(=O)N2CCC[C@H]2C(=O)N3)c1. The Morgan fingerprint density at radius 3 is 2.65 bits per heavy atom. The highest BCUT2D eigenvalue weighted by Crippen LogP contribution is 2.46. The van der Waals surface area contributed by atoms with Gasteiger partial charge < -0.3 is 30.3 Å². The van der Waals surface area contributed by atoms with Gasteiger partial charge in [-0.3, -0.25) is 14.4 Å². The minimum absolute atomic E-state index is 0.140. The number of nitrogens with one attached hydrogen (secondary N) is 3. The van der Waals surface area contributed by atoms with E-state index in [1.807, 2.05) is 6.08 Å². The number of carbonyl (C=O) groups excluding carboxylic acids is 4. The summed E-state index contributed by atoms with van der Waals surface area (Å²) >= 11 is 0. The lowest BCUT2D eigenvalue weighted by molar-refractivity contribution is -0.141. The molecule has 10 nitrogen and oxygen atoms in total. The van der Waals surface area contributed by atoms with E-state index in [1.165, 1.54) is 0 Å². The van der Waals surface area contributed by atoms with Crippen molar-refractivity contribution >= 4 is 29.5 Å². The van der Waals surface area contributed by atoms with Crippen LogP contribution in [-0.2, 0) is 19.1 Å². The van der Waals surface area contributed by atoms with Crippen molar-refractivity contribution in [3.8, 4) is 5.75 Å². The van der Waals surface area contributed by atoms with Crippen LogP contribution in [0.2, 0.25) is 0 Å². The number of nitrogens with zero attached hydrogens (tertiary/aromatic N) is 1. The zero-order valence-electron chi connectivity index (χ0n) is 24.0. The van der Waals surface area contributed by atoms with Crippen LogP contribution in [0.3, 0.4) is 0 Å². The molecule has 0 spiro atoms. The molecule has 40 heavy (non-hydrogen) atoms. The van der Waals surface area contributed by atoms with Crippen molar-refractivity contribution in [3.63, 3.8) is 0 Å². The van der Waals surface area contributed by atoms with E-state index < -0.39 is 29.3 Å². The Labute approximate surface area is 236 Å². The molecule has 0 radical (unpaired) electrons. The van der Waals surface area contributed by atoms with Gasteiger partial charge in [-0.05, 0) is 71.4 Å². The van der Waals surface area contributed by atoms with Gasteiger partial charge in [0, 0.05) is 24.2 Å². The number of allylic oxidation sites excluding steroid dienone is 1. The molecule has 1 saturated heterocycles. The molecule has 0 bridgehead atoms. The van der Waals surface area contributed by atoms with Crippen molar-refractivity contribution in [2.75, 3.05) is 19.0 Å². The highest BCUT2D eigenvalue weighted by atomic mass is 16.6. The lowest BCUT2D eigenvalue weighted by atomic mass is 10.0. The van der Waals surface area contributed by atoms with Crippen LogP contribution in [0.25, 0.3) is 0 Å². The molecule has 0 unspecified atom stereocenters. The Bertz CT molecular complexity index is 1150. The first-order valence-corrected chi connectivity index (χ1v) is 14.3. The van der Waals surface area contributed by atoms with Crippen molar-refractivity contribution in [1.29, 1.82) is 0 Å². The van der Waals surface area contributed by atoms with Gasteiger partial charge in [-0.15, -0.1) is 0 Å². The van der Waals surface area contributed by atoms with Crippen LogP contribution in [0, 0.1) is 5.92 Å². The highest BCUT2D eigenvalue weighted by Gasteiger charge is 2.60. The van der Waals surface area contributed by atoms with Gasteiger partial charge in [0.25, 0.3) is 5.91 Å². The molecule has 10 heteroatoms. The molecular weight excluding hydrogens is 512 g/mol. The van der Waals surface area contributed by atoms with Crippen molar-refractivity contribution in [3.05, 3.63) is 36.4 Å². The molecule has 4 rings (SSSR count). The first-order valence-electron chi connectivity index (χ1n) is 14.3. The van der Waals surface area contributed by atoms with E-state index in [0.717, 1.165) is 25.7 Å². The molecular formula is C30H42N4O6. The fourth-order valence-corrected chi connectivity index (χ4v) is 5.49. The molecule has 2 fully saturated rings. The number of benzene rings is 1. The van der Waals surface area contributed by atoms with E-state index in [-0.39, 0.29) is 23.6 Å². The van der Waals surface area contributed by atoms with Crippen molar-refractivity contribution in [2.24, 2.45) is 5.92 Å². The van der Waals surface area contributed by atoms with Crippen LogP contribution < -0.4 is 20.7 Å². The maximum Gasteiger partial charge on any atom is 0.408 e. The molecule has 3 aliphatic rings. The van der Waals surface area contributed by atoms with Crippen molar-refractivity contribution in [1.82, 2.24) is 15.5 Å². The maximum absolute atomic E-state index is 13.7. The predicted octanol–water partition coefficient (Wildman–Crippen LogP) is 3.91. The average Bonchev–Trinajstić information content (AvgIpc) is 3.35. The number of fused-ring (bicyclic) bond motifs is 2. The first-order chi connectivity index (χ1) is 19.0. The van der Waals surface area contributed by atoms with Crippen LogP contribution in [0.1, 0.15) is 72.1 Å². The fourth-order valence-electron chi connectivity index (χ4n) is 5.49. The van der Waals surface area contributed by atoms with Crippen LogP contribution >= 0.6 is 0 Å². The van der Waals surface area contributed by atoms with E-state index in [0.29, 0.717) is 43.7 Å². The van der Waals surface area contributed by atoms with Gasteiger partial charge in [-0.2, -0.15) is 0 Å². The topological polar surface area (TPSA) is 126 Å². The normalized spacial score (nSPS) is 27.3. The number of methoxy groups -OCH3 is 1. The summed E-state index contributed by atoms with van der Waals surface area (Å²) in [6.07, 6.45) is 8.91. The molecule has 2 heterocycles. The molecule has 3 N–H and O–H groups in total. The predicted molar refractivity (Wildman–Crippen MR) is 151 cm³/mol. The zero-order chi connectivity index (χ0) is 28.9. The second-order valence-electron chi connectivity index (χ2n) is 11.9. The third kappa shape index (κ3) is 7.14. The maximum atomic E-state index is 13.7. The molecule has 1 aliphatic carbocycles. The lowest BCUT2D eigenvalue weighted by Gasteiger charge is -2.30. The molecule has 4 amide bonds. The zero-order valence-corrected chi connectivity index (χ0v) is 24.0. The summed E-state index contributed by atoms with van der Waals surface area (Å²) in [5, 5.41) is 8.72. The van der Waals surface area contributed by atoms with Crippen molar-refractivity contribution in [2.45, 2.75) is 95.4 Å². The Morgan fingerprint density at radius 2 is 1.90 bits per heavy atom. The molecule has 2 aliphatic heterocycles. The summed E-state index contributed by atoms with van der Waals surface area (Å²) in [5.41, 5.74) is -1.22. The van der Waals surface area contributed by atoms with E-state index >= 15 is 0 Å². The van der Waals surface area contributed by atoms with E-state index in [9.17, 15) is 19.2 Å². The smallest absolute Gasteiger partial charge is 0.408 e. The van der Waals surface area contributed by atoms with Gasteiger partial charge in [0.05, 0.1) is 7.11 Å². The second-order valence-corrected chi connectivity index (χ2v) is 11.9. The number of hydrogen-bond acceptors (Lipinski definition) is 6. The number of hydrogen-bond donors (Lipinski definition) is 3. The third-order valence-electron chi connectivity index (χ3n) is 7.65. The average molecular weight is 555 g/mol. The van der Waals surface area contributed by atoms with Gasteiger partial charge in [-0.1, -0.05) is 31.1 Å². The largest absolute Gasteiger partial charge is 0.497 e. The van der Waals surface area contributed by atoms with Crippen molar-refractivity contribution < 1.29 is 28.7 Å². The number of anilines is 1. The number of rotatable bonds is 4. The second kappa shape index (κ2) is 12.3. The summed E-state index contributed by atoms with van der Waals surface area (Å²) in [6, 6.07) is 5.57. The van der Waals surface area contributed by atoms with Gasteiger partial charge in [-0.25, -0.2) is 4.79 Å². The number of alkyl carbamates (subject to hydrolysis) is 1. The van der Waals surface area contributed by atoms with Gasteiger partial charge in [0.2, 0.25) is 11.8 Å². The molecule has 0 aromatic heterocycles. The molecule has 1 saturated carbocycles. The van der Waals surface area contributed by atoms with Gasteiger partial charge in [0.15, 0.2) is 0 Å². The molecule has 1 aromatic carbocycles. The number of ether oxygens (including phenoxy) is 2. The number of carbonyl (C=O) groups is 4.